The summed E-state index contributed by atoms with van der Waals surface area (Å²) < 4.78 is 6.35. The van der Waals surface area contributed by atoms with Gasteiger partial charge in [-0.3, -0.25) is 0 Å². The van der Waals surface area contributed by atoms with Crippen LogP contribution in [0, 0.1) is 0 Å². The second-order valence-corrected chi connectivity index (χ2v) is 8.81. The Labute approximate surface area is 198 Å². The summed E-state index contributed by atoms with van der Waals surface area (Å²) in [5, 5.41) is 0. The average Bonchev–Trinajstić information content (AvgIpc) is 2.80. The Balaban J connectivity index is 0.000000361. The van der Waals surface area contributed by atoms with Gasteiger partial charge >= 0.3 is 17.2 Å². The average molecular weight is 463 g/mol. The van der Waals surface area contributed by atoms with Crippen molar-refractivity contribution in [1.82, 2.24) is 9.55 Å². The van der Waals surface area contributed by atoms with Crippen LogP contribution in [-0.2, 0) is 13.1 Å². The van der Waals surface area contributed by atoms with Crippen LogP contribution >= 0.6 is 0 Å². The highest BCUT2D eigenvalue weighted by molar-refractivity contribution is 5.13. The maximum atomic E-state index is 11.0. The van der Waals surface area contributed by atoms with Crippen molar-refractivity contribution in [1.29, 1.82) is 0 Å². The zero-order chi connectivity index (χ0) is 24.5. The van der Waals surface area contributed by atoms with Gasteiger partial charge in [0.05, 0.1) is 19.6 Å². The van der Waals surface area contributed by atoms with E-state index in [0.717, 1.165) is 11.0 Å². The summed E-state index contributed by atoms with van der Waals surface area (Å²) in [5.74, 6) is -1.91. The van der Waals surface area contributed by atoms with Gasteiger partial charge in [0.15, 0.2) is 0 Å². The number of hydrogen-bond donors (Lipinski definition) is 1. The number of quaternary nitrogens is 1. The first kappa shape index (κ1) is 28.6. The summed E-state index contributed by atoms with van der Waals surface area (Å²) in [5.41, 5.74) is 0.797. The van der Waals surface area contributed by atoms with E-state index in [1.165, 1.54) is 74.8 Å². The molecule has 0 fully saturated rings. The molecule has 2 aromatic rings. The van der Waals surface area contributed by atoms with Crippen LogP contribution in [0.1, 0.15) is 84.6 Å². The van der Waals surface area contributed by atoms with Gasteiger partial charge in [0.2, 0.25) is 0 Å². The quantitative estimate of drug-likeness (QED) is 0.413. The van der Waals surface area contributed by atoms with Crippen molar-refractivity contribution < 1.29 is 8.90 Å². The lowest BCUT2D eigenvalue weighted by atomic mass is 10.1. The fourth-order valence-corrected chi connectivity index (χ4v) is 3.93. The van der Waals surface area contributed by atoms with Crippen molar-refractivity contribution in [3.05, 3.63) is 67.5 Å². The van der Waals surface area contributed by atoms with Crippen LogP contribution in [0.25, 0.3) is 0 Å². The molecule has 0 amide bonds. The number of nitrogens with one attached hydrogen (secondary N) is 1. The molecule has 0 atom stereocenters. The monoisotopic (exact) mass is 462 g/mol. The van der Waals surface area contributed by atoms with E-state index in [0.29, 0.717) is 6.42 Å². The molecule has 7 nitrogen and oxygen atoms in total. The summed E-state index contributed by atoms with van der Waals surface area (Å²) in [6.45, 7) is 14.4. The Morgan fingerprint density at radius 3 is 1.76 bits per heavy atom. The molecule has 0 unspecified atom stereocenters. The van der Waals surface area contributed by atoms with E-state index in [4.69, 9.17) is 0 Å². The minimum Gasteiger partial charge on any atom is -0.359 e. The van der Waals surface area contributed by atoms with Crippen LogP contribution in [0.4, 0.5) is 0 Å². The molecule has 1 heterocycles. The number of H-pyrrole nitrogens is 1. The summed E-state index contributed by atoms with van der Waals surface area (Å²) in [6.07, 6.45) is 9.57. The fraction of sp³-hybridized carbons (Fsp3) is 0.654. The third kappa shape index (κ3) is 10.8. The molecule has 0 saturated heterocycles. The predicted molar refractivity (Wildman–Crippen MR) is 134 cm³/mol. The van der Waals surface area contributed by atoms with Crippen LogP contribution in [0.5, 0.6) is 0 Å². The molecule has 1 N–H and O–H groups in total. The smallest absolute Gasteiger partial charge is 0.359 e. The third-order valence-corrected chi connectivity index (χ3v) is 5.91. The fourth-order valence-electron chi connectivity index (χ4n) is 3.93. The molecule has 0 bridgehead atoms. The maximum Gasteiger partial charge on any atom is 0.427 e. The van der Waals surface area contributed by atoms with Gasteiger partial charge in [-0.1, -0.05) is 83.7 Å². The van der Waals surface area contributed by atoms with Gasteiger partial charge in [0, 0.05) is 12.1 Å². The zero-order valence-electron chi connectivity index (χ0n) is 21.1. The lowest BCUT2D eigenvalue weighted by Crippen LogP contribution is -2.49. The first-order valence-electron chi connectivity index (χ1n) is 12.6. The standard InChI is InChI=1S/C19H34N.C7H10N2O4/c1-4-7-15-20(16-8-5-2,17-9-6-3)18-19-13-11-10-12-14-19;1-2-3-4-9-5(10)8-6(11)13-7(9)12/h10-14H,4-9,15-18H2,1-3H3;2-4H2,1H3,(H,8,10,11)/q+1;. The zero-order valence-corrected chi connectivity index (χ0v) is 21.1. The minimum atomic E-state index is -1.01. The van der Waals surface area contributed by atoms with E-state index < -0.39 is 17.2 Å². The molecule has 7 heteroatoms. The predicted octanol–water partition coefficient (Wildman–Crippen LogP) is 4.69. The topological polar surface area (TPSA) is 85.1 Å². The van der Waals surface area contributed by atoms with Gasteiger partial charge in [-0.2, -0.15) is 0 Å². The van der Waals surface area contributed by atoms with Gasteiger partial charge in [0.1, 0.15) is 6.54 Å². The molecule has 0 aliphatic heterocycles. The first-order valence-corrected chi connectivity index (χ1v) is 12.6. The summed E-state index contributed by atoms with van der Waals surface area (Å²) in [4.78, 5) is 34.3. The summed E-state index contributed by atoms with van der Waals surface area (Å²) in [6, 6.07) is 11.1. The van der Waals surface area contributed by atoms with Gasteiger partial charge < -0.3 is 8.90 Å². The largest absolute Gasteiger partial charge is 0.427 e. The molecule has 2 rings (SSSR count). The van der Waals surface area contributed by atoms with Crippen LogP contribution in [0.15, 0.2) is 49.1 Å². The van der Waals surface area contributed by atoms with E-state index in [-0.39, 0.29) is 6.54 Å². The molecule has 186 valence electrons. The van der Waals surface area contributed by atoms with Crippen molar-refractivity contribution in [2.75, 3.05) is 19.6 Å². The molecular weight excluding hydrogens is 418 g/mol. The number of unbranched alkanes of at least 4 members (excludes halogenated alkanes) is 4. The van der Waals surface area contributed by atoms with Gasteiger partial charge in [-0.15, -0.1) is 0 Å². The second kappa shape index (κ2) is 16.2. The lowest BCUT2D eigenvalue weighted by Gasteiger charge is -2.39. The number of hydrogen-bond acceptors (Lipinski definition) is 4. The molecule has 1 aromatic carbocycles. The summed E-state index contributed by atoms with van der Waals surface area (Å²) in [7, 11) is 0. The number of rotatable bonds is 14. The van der Waals surface area contributed by atoms with Crippen LogP contribution in [-0.4, -0.2) is 33.7 Å². The number of benzene rings is 1. The van der Waals surface area contributed by atoms with E-state index in [2.05, 4.69) is 55.5 Å². The highest BCUT2D eigenvalue weighted by atomic mass is 16.5. The van der Waals surface area contributed by atoms with E-state index in [1.807, 2.05) is 11.9 Å². The highest BCUT2D eigenvalue weighted by Gasteiger charge is 2.26. The Kier molecular flexibility index (Phi) is 14.1. The molecule has 1 aromatic heterocycles. The molecule has 0 spiro atoms. The number of aromatic amines is 1. The Bertz CT molecular complexity index is 875. The molecular formula is C26H44N3O4+. The Morgan fingerprint density at radius 1 is 0.788 bits per heavy atom. The molecule has 0 aliphatic carbocycles. The van der Waals surface area contributed by atoms with Crippen molar-refractivity contribution >= 4 is 0 Å². The Morgan fingerprint density at radius 2 is 1.30 bits per heavy atom. The second-order valence-electron chi connectivity index (χ2n) is 8.81. The summed E-state index contributed by atoms with van der Waals surface area (Å²) >= 11 is 0. The van der Waals surface area contributed by atoms with E-state index in [9.17, 15) is 14.4 Å². The minimum absolute atomic E-state index is 0.272. The normalized spacial score (nSPS) is 11.2. The van der Waals surface area contributed by atoms with Crippen molar-refractivity contribution in [3.8, 4) is 0 Å². The van der Waals surface area contributed by atoms with Crippen molar-refractivity contribution in [2.24, 2.45) is 0 Å². The first-order chi connectivity index (χ1) is 15.9. The van der Waals surface area contributed by atoms with Crippen LogP contribution in [0.2, 0.25) is 0 Å². The number of aromatic nitrogens is 2. The number of nitrogens with zero attached hydrogens (tertiary/aromatic N) is 2. The highest BCUT2D eigenvalue weighted by Crippen LogP contribution is 2.19. The SMILES string of the molecule is CCCC[N+](CCCC)(CCCC)Cc1ccccc1.CCCCn1c(=O)[nH]c(=O)oc1=O. The lowest BCUT2D eigenvalue weighted by molar-refractivity contribution is -0.941. The molecule has 0 aliphatic rings. The van der Waals surface area contributed by atoms with Crippen molar-refractivity contribution in [2.45, 2.75) is 92.2 Å². The third-order valence-electron chi connectivity index (χ3n) is 5.91. The molecule has 0 radical (unpaired) electrons. The Hall–Kier alpha value is -2.41. The van der Waals surface area contributed by atoms with Gasteiger partial charge in [0.25, 0.3) is 0 Å². The van der Waals surface area contributed by atoms with Crippen LogP contribution < -0.4 is 17.2 Å². The molecule has 33 heavy (non-hydrogen) atoms. The van der Waals surface area contributed by atoms with E-state index in [1.54, 1.807) is 0 Å². The molecule has 0 saturated carbocycles. The van der Waals surface area contributed by atoms with E-state index >= 15 is 0 Å². The van der Waals surface area contributed by atoms with Crippen LogP contribution in [0.3, 0.4) is 0 Å². The van der Waals surface area contributed by atoms with Gasteiger partial charge in [-0.25, -0.2) is 23.9 Å². The maximum absolute atomic E-state index is 11.0. The van der Waals surface area contributed by atoms with Gasteiger partial charge in [-0.05, 0) is 25.7 Å². The van der Waals surface area contributed by atoms with Crippen molar-refractivity contribution in [3.63, 3.8) is 0 Å².